The third kappa shape index (κ3) is 5.45. The van der Waals surface area contributed by atoms with Crippen molar-refractivity contribution in [3.63, 3.8) is 0 Å². The Kier molecular flexibility index (Phi) is 6.41. The second kappa shape index (κ2) is 9.94. The largest absolute Gasteiger partial charge is 0.489 e. The van der Waals surface area contributed by atoms with Crippen LogP contribution in [0.15, 0.2) is 66.7 Å². The minimum absolute atomic E-state index is 0.132. The zero-order chi connectivity index (χ0) is 22.5. The molecule has 7 heteroatoms. The summed E-state index contributed by atoms with van der Waals surface area (Å²) >= 11 is 0. The monoisotopic (exact) mass is 446 g/mol. The minimum Gasteiger partial charge on any atom is -0.489 e. The van der Waals surface area contributed by atoms with E-state index in [1.807, 2.05) is 60.7 Å². The standard InChI is InChI=1S/C26H26N2O5/c29-26(21-5-1-3-19(13-21)16-28-9-11-30-12-10-28)27-22-6-2-4-20(14-22)17-31-23-7-8-24-25(15-23)33-18-32-24/h1-8,13-15H,9-12,16-18H2,(H,27,29). The normalized spacial score (nSPS) is 15.3. The fraction of sp³-hybridized carbons (Fsp3) is 0.269. The zero-order valence-corrected chi connectivity index (χ0v) is 18.3. The lowest BCUT2D eigenvalue weighted by Crippen LogP contribution is -2.35. The number of amides is 1. The molecule has 0 unspecified atom stereocenters. The van der Waals surface area contributed by atoms with Crippen molar-refractivity contribution >= 4 is 11.6 Å². The van der Waals surface area contributed by atoms with Crippen LogP contribution in [0.25, 0.3) is 0 Å². The molecule has 0 aromatic heterocycles. The Balaban J connectivity index is 1.19. The number of nitrogens with zero attached hydrogens (tertiary/aromatic N) is 1. The number of hydrogen-bond acceptors (Lipinski definition) is 6. The molecule has 1 fully saturated rings. The topological polar surface area (TPSA) is 69.3 Å². The summed E-state index contributed by atoms with van der Waals surface area (Å²) < 4.78 is 22.0. The van der Waals surface area contributed by atoms with Gasteiger partial charge in [0.2, 0.25) is 6.79 Å². The van der Waals surface area contributed by atoms with Gasteiger partial charge in [0.25, 0.3) is 5.91 Å². The summed E-state index contributed by atoms with van der Waals surface area (Å²) in [6, 6.07) is 20.9. The predicted octanol–water partition coefficient (Wildman–Crippen LogP) is 4.08. The van der Waals surface area contributed by atoms with Gasteiger partial charge < -0.3 is 24.3 Å². The molecule has 2 aliphatic heterocycles. The fourth-order valence-corrected chi connectivity index (χ4v) is 3.90. The number of hydrogen-bond donors (Lipinski definition) is 1. The Hall–Kier alpha value is -3.55. The molecular formula is C26H26N2O5. The first-order valence-corrected chi connectivity index (χ1v) is 11.0. The molecule has 7 nitrogen and oxygen atoms in total. The maximum atomic E-state index is 12.9. The van der Waals surface area contributed by atoms with Crippen LogP contribution in [0.5, 0.6) is 17.2 Å². The summed E-state index contributed by atoms with van der Waals surface area (Å²) in [7, 11) is 0. The van der Waals surface area contributed by atoms with Crippen molar-refractivity contribution in [1.29, 1.82) is 0 Å². The Labute approximate surface area is 192 Å². The highest BCUT2D eigenvalue weighted by molar-refractivity contribution is 6.04. The third-order valence-electron chi connectivity index (χ3n) is 5.63. The molecule has 0 radical (unpaired) electrons. The summed E-state index contributed by atoms with van der Waals surface area (Å²) in [5.74, 6) is 1.98. The predicted molar refractivity (Wildman–Crippen MR) is 124 cm³/mol. The fourth-order valence-electron chi connectivity index (χ4n) is 3.90. The lowest BCUT2D eigenvalue weighted by molar-refractivity contribution is 0.0342. The number of morpholine rings is 1. The zero-order valence-electron chi connectivity index (χ0n) is 18.3. The van der Waals surface area contributed by atoms with Crippen LogP contribution in [0, 0.1) is 0 Å². The molecular weight excluding hydrogens is 420 g/mol. The maximum Gasteiger partial charge on any atom is 0.255 e. The van der Waals surface area contributed by atoms with Gasteiger partial charge in [-0.05, 0) is 47.5 Å². The van der Waals surface area contributed by atoms with Crippen LogP contribution in [-0.2, 0) is 17.9 Å². The summed E-state index contributed by atoms with van der Waals surface area (Å²) in [4.78, 5) is 15.2. The maximum absolute atomic E-state index is 12.9. The molecule has 170 valence electrons. The summed E-state index contributed by atoms with van der Waals surface area (Å²) in [5, 5.41) is 3.00. The number of carbonyl (C=O) groups is 1. The minimum atomic E-state index is -0.132. The Morgan fingerprint density at radius 2 is 1.73 bits per heavy atom. The van der Waals surface area contributed by atoms with Crippen molar-refractivity contribution in [2.45, 2.75) is 13.2 Å². The van der Waals surface area contributed by atoms with Gasteiger partial charge in [-0.15, -0.1) is 0 Å². The molecule has 0 spiro atoms. The van der Waals surface area contributed by atoms with Gasteiger partial charge >= 0.3 is 0 Å². The van der Waals surface area contributed by atoms with Crippen molar-refractivity contribution in [1.82, 2.24) is 4.90 Å². The van der Waals surface area contributed by atoms with E-state index in [1.54, 1.807) is 0 Å². The molecule has 0 atom stereocenters. The number of fused-ring (bicyclic) bond motifs is 1. The molecule has 5 rings (SSSR count). The first kappa shape index (κ1) is 21.3. The number of nitrogens with one attached hydrogen (secondary N) is 1. The van der Waals surface area contributed by atoms with Crippen molar-refractivity contribution in [2.24, 2.45) is 0 Å². The van der Waals surface area contributed by atoms with Crippen molar-refractivity contribution in [3.8, 4) is 17.2 Å². The molecule has 1 N–H and O–H groups in total. The molecule has 0 bridgehead atoms. The quantitative estimate of drug-likeness (QED) is 0.590. The van der Waals surface area contributed by atoms with E-state index in [2.05, 4.69) is 16.3 Å². The smallest absolute Gasteiger partial charge is 0.255 e. The number of ether oxygens (including phenoxy) is 4. The Morgan fingerprint density at radius 1 is 0.909 bits per heavy atom. The number of carbonyl (C=O) groups excluding carboxylic acids is 1. The van der Waals surface area contributed by atoms with Gasteiger partial charge in [0, 0.05) is 37.0 Å². The van der Waals surface area contributed by atoms with E-state index in [0.29, 0.717) is 23.7 Å². The highest BCUT2D eigenvalue weighted by atomic mass is 16.7. The van der Waals surface area contributed by atoms with Gasteiger partial charge in [0.15, 0.2) is 11.5 Å². The van der Waals surface area contributed by atoms with E-state index in [9.17, 15) is 4.79 Å². The molecule has 3 aromatic carbocycles. The highest BCUT2D eigenvalue weighted by Crippen LogP contribution is 2.35. The average Bonchev–Trinajstić information content (AvgIpc) is 3.32. The van der Waals surface area contributed by atoms with E-state index in [0.717, 1.165) is 55.4 Å². The summed E-state index contributed by atoms with van der Waals surface area (Å²) in [6.45, 7) is 4.77. The van der Waals surface area contributed by atoms with E-state index in [1.165, 1.54) is 0 Å². The first-order valence-electron chi connectivity index (χ1n) is 11.0. The molecule has 1 saturated heterocycles. The lowest BCUT2D eigenvalue weighted by atomic mass is 10.1. The van der Waals surface area contributed by atoms with Gasteiger partial charge in [0.1, 0.15) is 12.4 Å². The van der Waals surface area contributed by atoms with Crippen LogP contribution in [0.3, 0.4) is 0 Å². The molecule has 0 aliphatic carbocycles. The lowest BCUT2D eigenvalue weighted by Gasteiger charge is -2.26. The first-order chi connectivity index (χ1) is 16.2. The Morgan fingerprint density at radius 3 is 2.64 bits per heavy atom. The van der Waals surface area contributed by atoms with Gasteiger partial charge in [-0.1, -0.05) is 24.3 Å². The van der Waals surface area contributed by atoms with Crippen molar-refractivity contribution in [2.75, 3.05) is 38.4 Å². The number of anilines is 1. The van der Waals surface area contributed by atoms with Crippen LogP contribution in [0.4, 0.5) is 5.69 Å². The molecule has 0 saturated carbocycles. The van der Waals surface area contributed by atoms with Gasteiger partial charge in [-0.3, -0.25) is 9.69 Å². The van der Waals surface area contributed by atoms with Crippen LogP contribution in [-0.4, -0.2) is 43.9 Å². The molecule has 2 aliphatic rings. The molecule has 1 amide bonds. The average molecular weight is 447 g/mol. The highest BCUT2D eigenvalue weighted by Gasteiger charge is 2.14. The SMILES string of the molecule is O=C(Nc1cccc(COc2ccc3c(c2)OCO3)c1)c1cccc(CN2CCOCC2)c1. The summed E-state index contributed by atoms with van der Waals surface area (Å²) in [6.07, 6.45) is 0. The van der Waals surface area contributed by atoms with E-state index in [-0.39, 0.29) is 12.7 Å². The second-order valence-electron chi connectivity index (χ2n) is 8.05. The number of rotatable bonds is 7. The van der Waals surface area contributed by atoms with Crippen LogP contribution in [0.1, 0.15) is 21.5 Å². The molecule has 2 heterocycles. The third-order valence-corrected chi connectivity index (χ3v) is 5.63. The van der Waals surface area contributed by atoms with Gasteiger partial charge in [0.05, 0.1) is 13.2 Å². The van der Waals surface area contributed by atoms with Gasteiger partial charge in [-0.2, -0.15) is 0 Å². The molecule has 3 aromatic rings. The van der Waals surface area contributed by atoms with Crippen molar-refractivity contribution in [3.05, 3.63) is 83.4 Å². The van der Waals surface area contributed by atoms with Gasteiger partial charge in [-0.25, -0.2) is 0 Å². The summed E-state index contributed by atoms with van der Waals surface area (Å²) in [5.41, 5.74) is 3.44. The van der Waals surface area contributed by atoms with Crippen LogP contribution < -0.4 is 19.5 Å². The van der Waals surface area contributed by atoms with E-state index >= 15 is 0 Å². The van der Waals surface area contributed by atoms with Crippen LogP contribution >= 0.6 is 0 Å². The molecule has 33 heavy (non-hydrogen) atoms. The van der Waals surface area contributed by atoms with E-state index < -0.39 is 0 Å². The van der Waals surface area contributed by atoms with E-state index in [4.69, 9.17) is 18.9 Å². The number of benzene rings is 3. The van der Waals surface area contributed by atoms with Crippen molar-refractivity contribution < 1.29 is 23.7 Å². The second-order valence-corrected chi connectivity index (χ2v) is 8.05. The Bertz CT molecular complexity index is 1130. The van der Waals surface area contributed by atoms with Crippen LogP contribution in [0.2, 0.25) is 0 Å².